The quantitative estimate of drug-likeness (QED) is 0.281. The predicted octanol–water partition coefficient (Wildman–Crippen LogP) is 5.52. The summed E-state index contributed by atoms with van der Waals surface area (Å²) in [6.07, 6.45) is 1.81. The molecule has 0 bridgehead atoms. The second kappa shape index (κ2) is 10.7. The fourth-order valence-corrected chi connectivity index (χ4v) is 5.29. The molecule has 0 spiro atoms. The van der Waals surface area contributed by atoms with Gasteiger partial charge in [-0.15, -0.1) is 5.10 Å². The number of carbonyl (C=O) groups is 1. The molecule has 1 aromatic heterocycles. The van der Waals surface area contributed by atoms with E-state index in [4.69, 9.17) is 9.47 Å². The number of aromatic nitrogens is 2. The summed E-state index contributed by atoms with van der Waals surface area (Å²) in [4.78, 5) is 15.7. The van der Waals surface area contributed by atoms with Gasteiger partial charge in [0.25, 0.3) is 0 Å². The van der Waals surface area contributed by atoms with E-state index in [1.807, 2.05) is 86.0 Å². The molecule has 2 heterocycles. The Morgan fingerprint density at radius 1 is 0.825 bits per heavy atom. The molecule has 1 atom stereocenters. The molecule has 7 nitrogen and oxygen atoms in total. The minimum Gasteiger partial charge on any atom is -0.489 e. The van der Waals surface area contributed by atoms with Gasteiger partial charge in [0.15, 0.2) is 0 Å². The number of benzene rings is 4. The first-order chi connectivity index (χ1) is 19.5. The maximum Gasteiger partial charge on any atom is 0.247 e. The lowest BCUT2D eigenvalue weighted by atomic mass is 9.76. The number of aryl methyl sites for hydroxylation is 1. The minimum absolute atomic E-state index is 0.110. The molecule has 1 aliphatic rings. The van der Waals surface area contributed by atoms with Crippen LogP contribution in [0.25, 0.3) is 0 Å². The zero-order valence-corrected chi connectivity index (χ0v) is 22.4. The van der Waals surface area contributed by atoms with E-state index >= 15 is 0 Å². The van der Waals surface area contributed by atoms with Crippen LogP contribution in [-0.2, 0) is 17.4 Å². The van der Waals surface area contributed by atoms with Gasteiger partial charge in [0.1, 0.15) is 24.1 Å². The summed E-state index contributed by atoms with van der Waals surface area (Å²) in [5, 5.41) is 8.05. The zero-order chi connectivity index (χ0) is 27.5. The minimum atomic E-state index is -0.807. The van der Waals surface area contributed by atoms with E-state index in [0.29, 0.717) is 23.1 Å². The highest BCUT2D eigenvalue weighted by Crippen LogP contribution is 2.39. The molecule has 4 aromatic carbocycles. The largest absolute Gasteiger partial charge is 0.489 e. The van der Waals surface area contributed by atoms with E-state index in [1.165, 1.54) is 0 Å². The van der Waals surface area contributed by atoms with Gasteiger partial charge in [-0.1, -0.05) is 91.0 Å². The normalized spacial score (nSPS) is 15.2. The molecule has 0 aliphatic carbocycles. The van der Waals surface area contributed by atoms with E-state index in [-0.39, 0.29) is 12.5 Å². The average Bonchev–Trinajstić information content (AvgIpc) is 3.38. The molecule has 6 rings (SSSR count). The average molecular weight is 531 g/mol. The van der Waals surface area contributed by atoms with Crippen molar-refractivity contribution in [3.05, 3.63) is 138 Å². The molecule has 0 radical (unpaired) electrons. The molecule has 1 amide bonds. The van der Waals surface area contributed by atoms with Crippen LogP contribution in [0.4, 0.5) is 5.69 Å². The Hall–Kier alpha value is -4.88. The van der Waals surface area contributed by atoms with Crippen molar-refractivity contribution in [2.24, 2.45) is 7.05 Å². The van der Waals surface area contributed by atoms with Crippen molar-refractivity contribution < 1.29 is 14.3 Å². The zero-order valence-electron chi connectivity index (χ0n) is 22.4. The fourth-order valence-electron chi connectivity index (χ4n) is 5.29. The molecule has 5 aromatic rings. The molecule has 7 heteroatoms. The number of nitrogens with zero attached hydrogens (tertiary/aromatic N) is 3. The fraction of sp³-hybridized carbons (Fsp3) is 0.152. The van der Waals surface area contributed by atoms with Crippen molar-refractivity contribution in [2.75, 3.05) is 18.6 Å². The lowest BCUT2D eigenvalue weighted by molar-refractivity contribution is -0.121. The predicted molar refractivity (Wildman–Crippen MR) is 155 cm³/mol. The summed E-state index contributed by atoms with van der Waals surface area (Å²) < 4.78 is 13.9. The van der Waals surface area contributed by atoms with Crippen molar-refractivity contribution in [2.45, 2.75) is 11.6 Å². The van der Waals surface area contributed by atoms with E-state index in [2.05, 4.69) is 46.8 Å². The van der Waals surface area contributed by atoms with Crippen LogP contribution in [-0.4, -0.2) is 35.4 Å². The highest BCUT2D eigenvalue weighted by atomic mass is 16.5. The first-order valence-corrected chi connectivity index (χ1v) is 13.2. The van der Waals surface area contributed by atoms with Gasteiger partial charge in [0.2, 0.25) is 11.8 Å². The smallest absolute Gasteiger partial charge is 0.247 e. The van der Waals surface area contributed by atoms with Gasteiger partial charge in [-0.2, -0.15) is 0 Å². The van der Waals surface area contributed by atoms with Gasteiger partial charge in [-0.25, -0.2) is 0 Å². The van der Waals surface area contributed by atoms with Crippen LogP contribution >= 0.6 is 0 Å². The second-order valence-electron chi connectivity index (χ2n) is 9.81. The molecule has 0 saturated carbocycles. The van der Waals surface area contributed by atoms with Crippen LogP contribution in [0.5, 0.6) is 17.4 Å². The van der Waals surface area contributed by atoms with Crippen molar-refractivity contribution >= 4 is 11.6 Å². The molecular weight excluding hydrogens is 500 g/mol. The van der Waals surface area contributed by atoms with Crippen molar-refractivity contribution in [1.29, 1.82) is 0 Å². The number of hydrogen-bond donors (Lipinski definition) is 1. The maximum absolute atomic E-state index is 14.1. The molecule has 0 saturated heterocycles. The second-order valence-corrected chi connectivity index (χ2v) is 9.81. The van der Waals surface area contributed by atoms with Crippen LogP contribution in [0, 0.1) is 0 Å². The molecule has 0 unspecified atom stereocenters. The number of amides is 1. The van der Waals surface area contributed by atoms with Crippen molar-refractivity contribution in [3.63, 3.8) is 0 Å². The number of likely N-dealkylation sites (N-methyl/N-ethyl adjacent to an activating group) is 1. The summed E-state index contributed by atoms with van der Waals surface area (Å²) in [7, 11) is 3.60. The van der Waals surface area contributed by atoms with Gasteiger partial charge in [-0.05, 0) is 28.8 Å². The Balaban J connectivity index is 1.39. The first-order valence-electron chi connectivity index (χ1n) is 13.2. The number of hydrogen-bond acceptors (Lipinski definition) is 5. The third-order valence-corrected chi connectivity index (χ3v) is 7.25. The molecular formula is C33H30N4O3. The van der Waals surface area contributed by atoms with E-state index < -0.39 is 11.6 Å². The summed E-state index contributed by atoms with van der Waals surface area (Å²) in [6, 6.07) is 37.3. The Labute approximate surface area is 233 Å². The topological polar surface area (TPSA) is 68.6 Å². The van der Waals surface area contributed by atoms with Crippen LogP contribution in [0.15, 0.2) is 121 Å². The number of ether oxygens (including phenoxy) is 2. The lowest BCUT2D eigenvalue weighted by Gasteiger charge is -2.39. The standard InChI is InChI=1S/C33H30N4O3/c1-36-21-20-31(35-36)40-27-18-19-30-29(22-27)37(2)32(38)28(23-39-30)34-33(24-12-6-3-7-13-24,25-14-8-4-9-15-25)26-16-10-5-11-17-26/h3-22,28,34H,23H2,1-2H3/t28-/m0/s1. The number of carbonyl (C=O) groups excluding carboxylic acids is 1. The van der Waals surface area contributed by atoms with Gasteiger partial charge in [0.05, 0.1) is 11.2 Å². The van der Waals surface area contributed by atoms with Crippen LogP contribution in [0.2, 0.25) is 0 Å². The van der Waals surface area contributed by atoms with Gasteiger partial charge in [0, 0.05) is 32.4 Å². The van der Waals surface area contributed by atoms with Gasteiger partial charge in [-0.3, -0.25) is 14.8 Å². The number of anilines is 1. The monoisotopic (exact) mass is 530 g/mol. The Morgan fingerprint density at radius 2 is 1.40 bits per heavy atom. The molecule has 1 aliphatic heterocycles. The third-order valence-electron chi connectivity index (χ3n) is 7.25. The van der Waals surface area contributed by atoms with Crippen LogP contribution < -0.4 is 19.7 Å². The molecule has 0 fully saturated rings. The summed E-state index contributed by atoms with van der Waals surface area (Å²) in [5.74, 6) is 1.54. The summed E-state index contributed by atoms with van der Waals surface area (Å²) in [5.41, 5.74) is 2.90. The van der Waals surface area contributed by atoms with E-state index in [0.717, 1.165) is 16.7 Å². The Kier molecular flexibility index (Phi) is 6.80. The van der Waals surface area contributed by atoms with Crippen molar-refractivity contribution in [1.82, 2.24) is 15.1 Å². The highest BCUT2D eigenvalue weighted by molar-refractivity contribution is 5.99. The third kappa shape index (κ3) is 4.72. The molecule has 200 valence electrons. The Bertz CT molecular complexity index is 1510. The SMILES string of the molecule is CN1C(=O)[C@@H](NC(c2ccccc2)(c2ccccc2)c2ccccc2)COc2ccc(Oc3ccn(C)n3)cc21. The van der Waals surface area contributed by atoms with Crippen molar-refractivity contribution in [3.8, 4) is 17.4 Å². The van der Waals surface area contributed by atoms with Gasteiger partial charge >= 0.3 is 0 Å². The lowest BCUT2D eigenvalue weighted by Crippen LogP contribution is -2.56. The maximum atomic E-state index is 14.1. The highest BCUT2D eigenvalue weighted by Gasteiger charge is 2.42. The van der Waals surface area contributed by atoms with E-state index in [1.54, 1.807) is 22.7 Å². The Morgan fingerprint density at radius 3 is 1.93 bits per heavy atom. The summed E-state index contributed by atoms with van der Waals surface area (Å²) in [6.45, 7) is 0.158. The number of nitrogens with one attached hydrogen (secondary N) is 1. The first kappa shape index (κ1) is 25.4. The number of fused-ring (bicyclic) bond motifs is 1. The van der Waals surface area contributed by atoms with Crippen LogP contribution in [0.1, 0.15) is 16.7 Å². The number of rotatable bonds is 7. The van der Waals surface area contributed by atoms with Gasteiger partial charge < -0.3 is 14.4 Å². The molecule has 40 heavy (non-hydrogen) atoms. The summed E-state index contributed by atoms with van der Waals surface area (Å²) >= 11 is 0. The van der Waals surface area contributed by atoms with E-state index in [9.17, 15) is 4.79 Å². The molecule has 1 N–H and O–H groups in total. The van der Waals surface area contributed by atoms with Crippen LogP contribution in [0.3, 0.4) is 0 Å².